The molecule has 1 aliphatic heterocycles. The zero-order valence-corrected chi connectivity index (χ0v) is 33.0. The van der Waals surface area contributed by atoms with Crippen LogP contribution in [0.15, 0.2) is 53.9 Å². The lowest BCUT2D eigenvalue weighted by Gasteiger charge is -2.38. The Morgan fingerprint density at radius 1 is 0.926 bits per heavy atom. The smallest absolute Gasteiger partial charge is 0.290 e. The van der Waals surface area contributed by atoms with Gasteiger partial charge in [-0.1, -0.05) is 90.1 Å². The monoisotopic (exact) mass is 763 g/mol. The van der Waals surface area contributed by atoms with E-state index in [-0.39, 0.29) is 35.1 Å². The predicted molar refractivity (Wildman–Crippen MR) is 205 cm³/mol. The molecule has 13 nitrogen and oxygen atoms in total. The number of likely N-dealkylation sites (tertiary alicyclic amines) is 1. The molecule has 0 radical (unpaired) electrons. The summed E-state index contributed by atoms with van der Waals surface area (Å²) in [6.45, 7) is 9.64. The maximum absolute atomic E-state index is 14.7. The lowest BCUT2D eigenvalue weighted by atomic mass is 9.82. The van der Waals surface area contributed by atoms with Crippen LogP contribution in [-0.4, -0.2) is 79.2 Å². The summed E-state index contributed by atoms with van der Waals surface area (Å²) < 4.78 is 16.4. The summed E-state index contributed by atoms with van der Waals surface area (Å²) in [6, 6.07) is 5.14. The van der Waals surface area contributed by atoms with Crippen LogP contribution in [0.3, 0.4) is 0 Å². The fourth-order valence-electron chi connectivity index (χ4n) is 8.37. The molecule has 14 heteroatoms. The molecule has 2 unspecified atom stereocenters. The van der Waals surface area contributed by atoms with E-state index in [9.17, 15) is 28.2 Å². The van der Waals surface area contributed by atoms with Gasteiger partial charge < -0.3 is 20.9 Å². The van der Waals surface area contributed by atoms with Crippen LogP contribution < -0.4 is 20.7 Å². The third-order valence-corrected chi connectivity index (χ3v) is 12.3. The molecule has 3 aliphatic rings. The third-order valence-electron chi connectivity index (χ3n) is 11.3. The molecule has 4 amide bonds. The van der Waals surface area contributed by atoms with Gasteiger partial charge in [0.15, 0.2) is 5.03 Å². The van der Waals surface area contributed by atoms with E-state index in [2.05, 4.69) is 30.6 Å². The maximum atomic E-state index is 14.7. The molecule has 294 valence electrons. The molecule has 54 heavy (non-hydrogen) atoms. The Balaban J connectivity index is 1.34. The molecule has 4 N–H and O–H groups in total. The molecule has 2 heterocycles. The normalized spacial score (nSPS) is 23.0. The van der Waals surface area contributed by atoms with Crippen molar-refractivity contribution in [2.45, 2.75) is 134 Å². The molecule has 1 saturated heterocycles. The van der Waals surface area contributed by atoms with Gasteiger partial charge in [0.05, 0.1) is 18.3 Å². The van der Waals surface area contributed by atoms with E-state index in [0.717, 1.165) is 56.9 Å². The largest absolute Gasteiger partial charge is 0.344 e. The first-order chi connectivity index (χ1) is 25.8. The number of ketones is 1. The van der Waals surface area contributed by atoms with Gasteiger partial charge in [0.1, 0.15) is 29.1 Å². The highest BCUT2D eigenvalue weighted by molar-refractivity contribution is 7.83. The van der Waals surface area contributed by atoms with E-state index in [1.807, 2.05) is 58.0 Å². The van der Waals surface area contributed by atoms with Crippen molar-refractivity contribution in [1.29, 1.82) is 0 Å². The standard InChI is InChI=1S/C40H57N7O6S/c1-6-14-30(34(48)38(51)43-25(2)26-15-9-7-10-16-26)44-37(50)33-29-20-13-19-28(29)24-47(33)39(52)35(40(3,4)5)45-36(49)32(27-17-11-8-12-18-27)46-54(53)31-23-41-21-22-42-31/h7,9-10,15-16,21-23,25,27-30,32-33,35,46H,6,8,11-14,17-20,24H2,1-5H3,(H,43,51)(H,44,50)(H,45,49)/t25-,28-,29-,30?,32+,33-,35+,54?/m0/s1. The summed E-state index contributed by atoms with van der Waals surface area (Å²) >= 11 is 0. The van der Waals surface area contributed by atoms with Crippen molar-refractivity contribution in [3.8, 4) is 0 Å². The van der Waals surface area contributed by atoms with Gasteiger partial charge in [-0.2, -0.15) is 0 Å². The van der Waals surface area contributed by atoms with Crippen LogP contribution in [0, 0.1) is 23.2 Å². The van der Waals surface area contributed by atoms with Crippen LogP contribution in [0.25, 0.3) is 0 Å². The Bertz CT molecular complexity index is 1650. The van der Waals surface area contributed by atoms with Crippen LogP contribution in [0.1, 0.15) is 110 Å². The molecule has 0 bridgehead atoms. The summed E-state index contributed by atoms with van der Waals surface area (Å²) in [4.78, 5) is 79.7. The van der Waals surface area contributed by atoms with Gasteiger partial charge in [-0.3, -0.25) is 29.0 Å². The quantitative estimate of drug-likeness (QED) is 0.197. The Hall–Kier alpha value is -4.04. The molecule has 2 saturated carbocycles. The number of Topliss-reactive ketones (excluding diaryl/α,β-unsaturated/α-hetero) is 1. The summed E-state index contributed by atoms with van der Waals surface area (Å²) in [5.41, 5.74) is 0.100. The van der Waals surface area contributed by atoms with E-state index in [1.165, 1.54) is 18.6 Å². The van der Waals surface area contributed by atoms with E-state index in [4.69, 9.17) is 0 Å². The van der Waals surface area contributed by atoms with Crippen LogP contribution in [0.4, 0.5) is 0 Å². The number of aromatic nitrogens is 2. The summed E-state index contributed by atoms with van der Waals surface area (Å²) in [5.74, 6) is -2.89. The van der Waals surface area contributed by atoms with Gasteiger partial charge in [0.2, 0.25) is 23.5 Å². The summed E-state index contributed by atoms with van der Waals surface area (Å²) in [5, 5.41) is 8.89. The first-order valence-electron chi connectivity index (χ1n) is 19.5. The molecular formula is C40H57N7O6S. The van der Waals surface area contributed by atoms with Crippen molar-refractivity contribution in [2.24, 2.45) is 23.2 Å². The zero-order valence-electron chi connectivity index (χ0n) is 32.2. The van der Waals surface area contributed by atoms with Gasteiger partial charge in [-0.25, -0.2) is 13.9 Å². The Morgan fingerprint density at radius 3 is 2.30 bits per heavy atom. The van der Waals surface area contributed by atoms with E-state index >= 15 is 0 Å². The number of nitrogens with one attached hydrogen (secondary N) is 4. The number of amides is 4. The second-order valence-corrected chi connectivity index (χ2v) is 17.4. The zero-order chi connectivity index (χ0) is 39.0. The minimum atomic E-state index is -1.82. The highest BCUT2D eigenvalue weighted by Gasteiger charge is 2.52. The Morgan fingerprint density at radius 2 is 1.65 bits per heavy atom. The van der Waals surface area contributed by atoms with Crippen molar-refractivity contribution in [3.05, 3.63) is 54.5 Å². The number of carbonyl (C=O) groups excluding carboxylic acids is 5. The minimum absolute atomic E-state index is 0.0966. The number of hydrogen-bond donors (Lipinski definition) is 4. The SMILES string of the molecule is CCCC(NC(=O)[C@@H]1[C@H]2CCC[C@H]2CN1C(=O)[C@@H](NC(=O)[C@H](NS(=O)c1cnccn1)C1CCCCC1)C(C)(C)C)C(=O)C(=O)N[C@@H](C)c1ccccc1. The summed E-state index contributed by atoms with van der Waals surface area (Å²) in [6.07, 6.45) is 12.2. The van der Waals surface area contributed by atoms with Crippen LogP contribution >= 0.6 is 0 Å². The van der Waals surface area contributed by atoms with Crippen molar-refractivity contribution >= 4 is 40.4 Å². The molecule has 5 rings (SSSR count). The molecule has 2 aromatic rings. The third kappa shape index (κ3) is 9.98. The Kier molecular flexibility index (Phi) is 14.1. The molecule has 3 fully saturated rings. The number of benzene rings is 1. The maximum Gasteiger partial charge on any atom is 0.290 e. The molecular weight excluding hydrogens is 707 g/mol. The van der Waals surface area contributed by atoms with Crippen LogP contribution in [-0.2, 0) is 35.0 Å². The first-order valence-corrected chi connectivity index (χ1v) is 20.7. The average molecular weight is 764 g/mol. The Labute approximate surface area is 321 Å². The fraction of sp³-hybridized carbons (Fsp3) is 0.625. The average Bonchev–Trinajstić information content (AvgIpc) is 3.77. The molecule has 0 spiro atoms. The molecule has 2 aliphatic carbocycles. The second-order valence-electron chi connectivity index (χ2n) is 16.2. The van der Waals surface area contributed by atoms with E-state index < -0.39 is 70.1 Å². The minimum Gasteiger partial charge on any atom is -0.344 e. The van der Waals surface area contributed by atoms with Gasteiger partial charge >= 0.3 is 0 Å². The highest BCUT2D eigenvalue weighted by atomic mass is 32.2. The highest BCUT2D eigenvalue weighted by Crippen LogP contribution is 2.43. The van der Waals surface area contributed by atoms with Crippen molar-refractivity contribution in [1.82, 2.24) is 35.5 Å². The van der Waals surface area contributed by atoms with Gasteiger partial charge in [-0.15, -0.1) is 0 Å². The van der Waals surface area contributed by atoms with E-state index in [1.54, 1.807) is 11.8 Å². The summed E-state index contributed by atoms with van der Waals surface area (Å²) in [7, 11) is -1.82. The number of rotatable bonds is 15. The number of fused-ring (bicyclic) bond motifs is 1. The van der Waals surface area contributed by atoms with Gasteiger partial charge in [0, 0.05) is 18.9 Å². The number of carbonyl (C=O) groups is 5. The lowest BCUT2D eigenvalue weighted by molar-refractivity contribution is -0.146. The second kappa shape index (κ2) is 18.5. The van der Waals surface area contributed by atoms with Crippen molar-refractivity contribution < 1.29 is 28.2 Å². The molecule has 1 aromatic carbocycles. The van der Waals surface area contributed by atoms with Crippen molar-refractivity contribution in [2.75, 3.05) is 6.54 Å². The van der Waals surface area contributed by atoms with Crippen molar-refractivity contribution in [3.63, 3.8) is 0 Å². The predicted octanol–water partition coefficient (Wildman–Crippen LogP) is 3.93. The van der Waals surface area contributed by atoms with Crippen LogP contribution in [0.2, 0.25) is 0 Å². The van der Waals surface area contributed by atoms with Crippen LogP contribution in [0.5, 0.6) is 0 Å². The first kappa shape index (κ1) is 41.1. The lowest BCUT2D eigenvalue weighted by Crippen LogP contribution is -2.62. The number of nitrogens with zero attached hydrogens (tertiary/aromatic N) is 3. The van der Waals surface area contributed by atoms with E-state index in [0.29, 0.717) is 13.0 Å². The van der Waals surface area contributed by atoms with Gasteiger partial charge in [-0.05, 0) is 67.8 Å². The molecule has 1 aromatic heterocycles. The molecule has 8 atom stereocenters. The fourth-order valence-corrected chi connectivity index (χ4v) is 9.33. The van der Waals surface area contributed by atoms with Gasteiger partial charge in [0.25, 0.3) is 5.91 Å². The topological polar surface area (TPSA) is 180 Å². The number of hydrogen-bond acceptors (Lipinski definition) is 8.